The Labute approximate surface area is 210 Å². The van der Waals surface area contributed by atoms with Crippen molar-refractivity contribution >= 4 is 34.5 Å². The molecule has 0 spiro atoms. The number of nitrogens with one attached hydrogen (secondary N) is 1. The molecule has 4 rings (SSSR count). The van der Waals surface area contributed by atoms with Gasteiger partial charge in [0.15, 0.2) is 0 Å². The van der Waals surface area contributed by atoms with Crippen LogP contribution in [-0.4, -0.2) is 57.2 Å². The van der Waals surface area contributed by atoms with Crippen LogP contribution < -0.4 is 15.0 Å². The van der Waals surface area contributed by atoms with E-state index in [2.05, 4.69) is 5.32 Å². The molecule has 2 heterocycles. The van der Waals surface area contributed by atoms with Crippen molar-refractivity contribution in [2.75, 3.05) is 44.6 Å². The van der Waals surface area contributed by atoms with Crippen molar-refractivity contribution in [2.24, 2.45) is 0 Å². The second kappa shape index (κ2) is 11.4. The van der Waals surface area contributed by atoms with Gasteiger partial charge < -0.3 is 24.6 Å². The van der Waals surface area contributed by atoms with Crippen LogP contribution >= 0.6 is 11.3 Å². The van der Waals surface area contributed by atoms with E-state index < -0.39 is 0 Å². The number of thiophene rings is 1. The summed E-state index contributed by atoms with van der Waals surface area (Å²) in [7, 11) is 5.48. The van der Waals surface area contributed by atoms with E-state index in [1.54, 1.807) is 25.3 Å². The van der Waals surface area contributed by atoms with Crippen LogP contribution in [0.15, 0.2) is 60.0 Å². The van der Waals surface area contributed by atoms with Gasteiger partial charge in [-0.2, -0.15) is 0 Å². The van der Waals surface area contributed by atoms with Gasteiger partial charge >= 0.3 is 0 Å². The van der Waals surface area contributed by atoms with E-state index in [1.807, 2.05) is 65.7 Å². The fourth-order valence-electron chi connectivity index (χ4n) is 4.27. The van der Waals surface area contributed by atoms with Crippen molar-refractivity contribution in [1.29, 1.82) is 0 Å². The number of carbonyl (C=O) groups excluding carboxylic acids is 2. The van der Waals surface area contributed by atoms with Crippen LogP contribution in [0.1, 0.15) is 38.4 Å². The molecule has 1 atom stereocenters. The van der Waals surface area contributed by atoms with Gasteiger partial charge in [0, 0.05) is 45.2 Å². The standard InChI is InChI=1S/C27H31N3O4S/c1-29(2)23-13-12-20(28-26(31)22-9-4-5-10-24(22)33-3)16-19(23)17-30(18-21-8-6-14-34-21)27(32)25-11-7-15-35-25/h4-5,7,9-13,15-16,21H,6,8,14,17-18H2,1-3H3,(H,28,31)/t21-/m1/s1. The van der Waals surface area contributed by atoms with Crippen molar-refractivity contribution in [3.05, 3.63) is 76.0 Å². The molecule has 35 heavy (non-hydrogen) atoms. The number of hydrogen-bond donors (Lipinski definition) is 1. The SMILES string of the molecule is COc1ccccc1C(=O)Nc1ccc(N(C)C)c(CN(C[C@H]2CCCO2)C(=O)c2cccs2)c1. The lowest BCUT2D eigenvalue weighted by molar-refractivity contribution is 0.0511. The van der Waals surface area contributed by atoms with Gasteiger partial charge in [0.05, 0.1) is 23.7 Å². The van der Waals surface area contributed by atoms with Crippen LogP contribution in [0.2, 0.25) is 0 Å². The zero-order valence-corrected chi connectivity index (χ0v) is 21.1. The van der Waals surface area contributed by atoms with Crippen molar-refractivity contribution in [2.45, 2.75) is 25.5 Å². The number of para-hydroxylation sites is 1. The molecule has 1 aromatic heterocycles. The molecule has 1 N–H and O–H groups in total. The average Bonchev–Trinajstić information content (AvgIpc) is 3.58. The number of hydrogen-bond acceptors (Lipinski definition) is 6. The van der Waals surface area contributed by atoms with Gasteiger partial charge in [-0.1, -0.05) is 18.2 Å². The van der Waals surface area contributed by atoms with Gasteiger partial charge in [-0.25, -0.2) is 0 Å². The highest BCUT2D eigenvalue weighted by atomic mass is 32.1. The Morgan fingerprint density at radius 2 is 1.97 bits per heavy atom. The third kappa shape index (κ3) is 6.01. The lowest BCUT2D eigenvalue weighted by atomic mass is 10.1. The maximum atomic E-state index is 13.4. The summed E-state index contributed by atoms with van der Waals surface area (Å²) < 4.78 is 11.2. The van der Waals surface area contributed by atoms with E-state index in [9.17, 15) is 9.59 Å². The average molecular weight is 494 g/mol. The summed E-state index contributed by atoms with van der Waals surface area (Å²) in [5.41, 5.74) is 3.04. The zero-order valence-electron chi connectivity index (χ0n) is 20.3. The third-order valence-electron chi connectivity index (χ3n) is 6.00. The fourth-order valence-corrected chi connectivity index (χ4v) is 4.96. The molecule has 7 nitrogen and oxygen atoms in total. The highest BCUT2D eigenvalue weighted by molar-refractivity contribution is 7.12. The fraction of sp³-hybridized carbons (Fsp3) is 0.333. The first kappa shape index (κ1) is 24.8. The number of amides is 2. The van der Waals surface area contributed by atoms with Gasteiger partial charge in [-0.3, -0.25) is 9.59 Å². The lowest BCUT2D eigenvalue weighted by Gasteiger charge is -2.28. The molecule has 0 aliphatic carbocycles. The normalized spacial score (nSPS) is 15.0. The van der Waals surface area contributed by atoms with Crippen LogP contribution in [0, 0.1) is 0 Å². The summed E-state index contributed by atoms with van der Waals surface area (Å²) in [5.74, 6) is 0.250. The van der Waals surface area contributed by atoms with Crippen LogP contribution in [0.5, 0.6) is 5.75 Å². The van der Waals surface area contributed by atoms with Gasteiger partial charge in [-0.05, 0) is 60.2 Å². The van der Waals surface area contributed by atoms with Gasteiger partial charge in [0.1, 0.15) is 5.75 Å². The number of anilines is 2. The largest absolute Gasteiger partial charge is 0.496 e. The second-order valence-corrected chi connectivity index (χ2v) is 9.64. The zero-order chi connectivity index (χ0) is 24.8. The molecule has 0 radical (unpaired) electrons. The van der Waals surface area contributed by atoms with E-state index >= 15 is 0 Å². The van der Waals surface area contributed by atoms with E-state index in [1.165, 1.54) is 11.3 Å². The molecule has 2 amide bonds. The minimum atomic E-state index is -0.253. The molecule has 1 aliphatic rings. The highest BCUT2D eigenvalue weighted by Gasteiger charge is 2.25. The van der Waals surface area contributed by atoms with E-state index in [-0.39, 0.29) is 17.9 Å². The van der Waals surface area contributed by atoms with Crippen molar-refractivity contribution in [1.82, 2.24) is 4.90 Å². The summed E-state index contributed by atoms with van der Waals surface area (Å²) in [6.07, 6.45) is 2.00. The molecular formula is C27H31N3O4S. The Kier molecular flexibility index (Phi) is 8.05. The number of carbonyl (C=O) groups is 2. The molecule has 1 fully saturated rings. The maximum absolute atomic E-state index is 13.4. The molecule has 2 aromatic carbocycles. The van der Waals surface area contributed by atoms with Crippen LogP contribution in [0.4, 0.5) is 11.4 Å². The third-order valence-corrected chi connectivity index (χ3v) is 6.86. The molecule has 1 aliphatic heterocycles. The van der Waals surface area contributed by atoms with Crippen LogP contribution in [0.3, 0.4) is 0 Å². The second-order valence-electron chi connectivity index (χ2n) is 8.69. The number of rotatable bonds is 9. The summed E-state index contributed by atoms with van der Waals surface area (Å²) in [4.78, 5) is 30.9. The van der Waals surface area contributed by atoms with Crippen molar-refractivity contribution in [3.63, 3.8) is 0 Å². The summed E-state index contributed by atoms with van der Waals surface area (Å²) in [6.45, 7) is 1.67. The van der Waals surface area contributed by atoms with Gasteiger partial charge in [0.2, 0.25) is 0 Å². The highest BCUT2D eigenvalue weighted by Crippen LogP contribution is 2.28. The smallest absolute Gasteiger partial charge is 0.264 e. The van der Waals surface area contributed by atoms with Crippen molar-refractivity contribution in [3.8, 4) is 5.75 Å². The predicted molar refractivity (Wildman–Crippen MR) is 140 cm³/mol. The molecule has 8 heteroatoms. The van der Waals surface area contributed by atoms with E-state index in [0.29, 0.717) is 35.0 Å². The topological polar surface area (TPSA) is 71.1 Å². The van der Waals surface area contributed by atoms with Gasteiger partial charge in [0.25, 0.3) is 11.8 Å². The molecular weight excluding hydrogens is 462 g/mol. The quantitative estimate of drug-likeness (QED) is 0.459. The van der Waals surface area contributed by atoms with Crippen LogP contribution in [-0.2, 0) is 11.3 Å². The first-order valence-electron chi connectivity index (χ1n) is 11.6. The number of methoxy groups -OCH3 is 1. The minimum Gasteiger partial charge on any atom is -0.496 e. The predicted octanol–water partition coefficient (Wildman–Crippen LogP) is 4.90. The van der Waals surface area contributed by atoms with E-state index in [4.69, 9.17) is 9.47 Å². The summed E-state index contributed by atoms with van der Waals surface area (Å²) in [5, 5.41) is 4.89. The molecule has 184 valence electrons. The molecule has 3 aromatic rings. The van der Waals surface area contributed by atoms with E-state index in [0.717, 1.165) is 30.7 Å². The Morgan fingerprint density at radius 1 is 1.14 bits per heavy atom. The Morgan fingerprint density at radius 3 is 2.66 bits per heavy atom. The molecule has 0 saturated carbocycles. The summed E-state index contributed by atoms with van der Waals surface area (Å²) in [6, 6.07) is 16.6. The number of benzene rings is 2. The Balaban J connectivity index is 1.61. The first-order chi connectivity index (χ1) is 17.0. The summed E-state index contributed by atoms with van der Waals surface area (Å²) >= 11 is 1.44. The minimum absolute atomic E-state index is 0.0105. The molecule has 1 saturated heterocycles. The van der Waals surface area contributed by atoms with Crippen molar-refractivity contribution < 1.29 is 19.1 Å². The lowest BCUT2D eigenvalue weighted by Crippen LogP contribution is -2.37. The molecule has 0 bridgehead atoms. The molecule has 0 unspecified atom stereocenters. The van der Waals surface area contributed by atoms with Gasteiger partial charge in [-0.15, -0.1) is 11.3 Å². The Bertz CT molecular complexity index is 1160. The number of ether oxygens (including phenoxy) is 2. The monoisotopic (exact) mass is 493 g/mol. The Hall–Kier alpha value is -3.36. The van der Waals surface area contributed by atoms with Crippen LogP contribution in [0.25, 0.3) is 0 Å². The number of nitrogens with zero attached hydrogens (tertiary/aromatic N) is 2. The maximum Gasteiger partial charge on any atom is 0.264 e. The first-order valence-corrected chi connectivity index (χ1v) is 12.5.